The van der Waals surface area contributed by atoms with Crippen molar-refractivity contribution in [1.82, 2.24) is 15.5 Å². The molecule has 0 aliphatic heterocycles. The molecule has 0 saturated heterocycles. The van der Waals surface area contributed by atoms with Crippen molar-refractivity contribution in [3.05, 3.63) is 28.4 Å². The van der Waals surface area contributed by atoms with Crippen LogP contribution in [0.5, 0.6) is 0 Å². The first kappa shape index (κ1) is 6.65. The lowest BCUT2D eigenvalue weighted by Crippen LogP contribution is -2.22. The molecule has 0 spiro atoms. The van der Waals surface area contributed by atoms with Crippen molar-refractivity contribution >= 4 is 11.3 Å². The Bertz CT molecular complexity index is 436. The van der Waals surface area contributed by atoms with Crippen LogP contribution in [0, 0.1) is 10.1 Å². The van der Waals surface area contributed by atoms with Crippen LogP contribution >= 0.6 is 0 Å². The molecule has 0 fully saturated rings. The Kier molecular flexibility index (Phi) is 1.23. The molecule has 2 heterocycles. The Morgan fingerprint density at radius 2 is 2.42 bits per heavy atom. The maximum Gasteiger partial charge on any atom is 0.329 e. The van der Waals surface area contributed by atoms with Gasteiger partial charge in [0, 0.05) is 12.1 Å². The van der Waals surface area contributed by atoms with Gasteiger partial charge in [0.1, 0.15) is 5.10 Å². The van der Waals surface area contributed by atoms with Crippen molar-refractivity contribution in [1.29, 1.82) is 0 Å². The minimum Gasteiger partial charge on any atom is -0.258 e. The molecule has 2 aromatic heterocycles. The van der Waals surface area contributed by atoms with Crippen LogP contribution in [0.2, 0.25) is 0 Å². The van der Waals surface area contributed by atoms with E-state index in [-0.39, 0.29) is 5.69 Å². The number of fused-ring (bicyclic) bond motifs is 1. The molecule has 7 nitrogen and oxygen atoms in total. The number of nitrogens with zero attached hydrogens (tertiary/aromatic N) is 4. The maximum atomic E-state index is 10.3. The van der Waals surface area contributed by atoms with Gasteiger partial charge >= 0.3 is 11.3 Å². The quantitative estimate of drug-likeness (QED) is 0.349. The molecule has 1 N–H and O–H groups in total. The van der Waals surface area contributed by atoms with Crippen molar-refractivity contribution in [3.63, 3.8) is 0 Å². The zero-order valence-electron chi connectivity index (χ0n) is 5.84. The maximum absolute atomic E-state index is 10.3. The molecule has 2 aromatic rings. The van der Waals surface area contributed by atoms with Gasteiger partial charge < -0.3 is 0 Å². The number of tetrazole rings is 1. The summed E-state index contributed by atoms with van der Waals surface area (Å²) in [6.07, 6.45) is 1.31. The van der Waals surface area contributed by atoms with E-state index >= 15 is 0 Å². The van der Waals surface area contributed by atoms with E-state index in [2.05, 4.69) is 15.5 Å². The summed E-state index contributed by atoms with van der Waals surface area (Å²) in [7, 11) is 0. The normalized spacial score (nSPS) is 10.3. The number of pyridine rings is 1. The average molecular weight is 166 g/mol. The monoisotopic (exact) mass is 166 g/mol. The number of aromatic nitrogens is 4. The number of rotatable bonds is 1. The molecule has 12 heavy (non-hydrogen) atoms. The van der Waals surface area contributed by atoms with Crippen molar-refractivity contribution in [2.45, 2.75) is 0 Å². The Labute approximate surface area is 65.8 Å². The van der Waals surface area contributed by atoms with Gasteiger partial charge in [-0.2, -0.15) is 0 Å². The van der Waals surface area contributed by atoms with Gasteiger partial charge in [-0.3, -0.25) is 10.1 Å². The minimum atomic E-state index is -0.479. The Morgan fingerprint density at radius 3 is 3.17 bits per heavy atom. The second kappa shape index (κ2) is 2.22. The van der Waals surface area contributed by atoms with Gasteiger partial charge in [0.15, 0.2) is 11.4 Å². The first-order valence-electron chi connectivity index (χ1n) is 3.14. The largest absolute Gasteiger partial charge is 0.329 e. The summed E-state index contributed by atoms with van der Waals surface area (Å²) in [5.74, 6) is 0. The third-order valence-corrected chi connectivity index (χ3v) is 1.43. The number of hydrogen-bond acceptors (Lipinski definition) is 4. The highest BCUT2D eigenvalue weighted by molar-refractivity contribution is 5.33. The van der Waals surface area contributed by atoms with E-state index < -0.39 is 4.92 Å². The lowest BCUT2D eigenvalue weighted by Gasteiger charge is -1.86. The van der Waals surface area contributed by atoms with Crippen LogP contribution in [0.4, 0.5) is 5.69 Å². The number of hydrogen-bond donors (Lipinski definition) is 1. The Morgan fingerprint density at radius 1 is 1.58 bits per heavy atom. The van der Waals surface area contributed by atoms with Gasteiger partial charge in [-0.25, -0.2) is 0 Å². The second-order valence-corrected chi connectivity index (χ2v) is 2.17. The third kappa shape index (κ3) is 0.875. The SMILES string of the molecule is O=[N+]([O-])c1ccc2nn[nH][n+]2c1. The number of aromatic amines is 1. The first-order valence-corrected chi connectivity index (χ1v) is 3.14. The highest BCUT2D eigenvalue weighted by Crippen LogP contribution is 2.05. The molecule has 0 aliphatic rings. The van der Waals surface area contributed by atoms with Gasteiger partial charge in [-0.05, 0) is 0 Å². The fourth-order valence-electron chi connectivity index (χ4n) is 0.873. The van der Waals surface area contributed by atoms with Gasteiger partial charge in [-0.15, -0.1) is 4.52 Å². The first-order chi connectivity index (χ1) is 5.77. The summed E-state index contributed by atoms with van der Waals surface area (Å²) < 4.78 is 1.37. The highest BCUT2D eigenvalue weighted by Gasteiger charge is 2.11. The zero-order valence-corrected chi connectivity index (χ0v) is 5.84. The van der Waals surface area contributed by atoms with Gasteiger partial charge in [-0.1, -0.05) is 5.21 Å². The number of H-pyrrole nitrogens is 1. The summed E-state index contributed by atoms with van der Waals surface area (Å²) in [6.45, 7) is 0. The molecule has 0 unspecified atom stereocenters. The molecular formula is C5H4N5O2+. The van der Waals surface area contributed by atoms with Crippen LogP contribution < -0.4 is 4.52 Å². The van der Waals surface area contributed by atoms with E-state index in [0.717, 1.165) is 0 Å². The van der Waals surface area contributed by atoms with Crippen molar-refractivity contribution in [3.8, 4) is 0 Å². The summed E-state index contributed by atoms with van der Waals surface area (Å²) >= 11 is 0. The average Bonchev–Trinajstić information content (AvgIpc) is 2.49. The van der Waals surface area contributed by atoms with Crippen LogP contribution in [-0.2, 0) is 0 Å². The van der Waals surface area contributed by atoms with Crippen LogP contribution in [0.3, 0.4) is 0 Å². The van der Waals surface area contributed by atoms with Crippen molar-refractivity contribution in [2.75, 3.05) is 0 Å². The standard InChI is InChI=1S/C5H3N5O2/c11-10(12)4-1-2-5-6-7-8-9(5)3-4/h1-3H/p+1. The predicted molar refractivity (Wildman–Crippen MR) is 36.2 cm³/mol. The lowest BCUT2D eigenvalue weighted by molar-refractivity contribution is -0.586. The van der Waals surface area contributed by atoms with E-state index in [1.165, 1.54) is 22.8 Å². The van der Waals surface area contributed by atoms with Crippen LogP contribution in [0.15, 0.2) is 18.3 Å². The molecule has 60 valence electrons. The summed E-state index contributed by atoms with van der Waals surface area (Å²) in [5, 5.41) is 19.9. The van der Waals surface area contributed by atoms with E-state index in [1.54, 1.807) is 0 Å². The summed E-state index contributed by atoms with van der Waals surface area (Å²) in [4.78, 5) is 9.83. The number of nitro groups is 1. The third-order valence-electron chi connectivity index (χ3n) is 1.43. The number of nitrogens with one attached hydrogen (secondary N) is 1. The van der Waals surface area contributed by atoms with Gasteiger partial charge in [0.25, 0.3) is 0 Å². The summed E-state index contributed by atoms with van der Waals surface area (Å²) in [5.41, 5.74) is 0.541. The van der Waals surface area contributed by atoms with E-state index in [1.807, 2.05) is 0 Å². The highest BCUT2D eigenvalue weighted by atomic mass is 16.6. The fourth-order valence-corrected chi connectivity index (χ4v) is 0.873. The molecule has 7 heteroatoms. The summed E-state index contributed by atoms with van der Waals surface area (Å²) in [6, 6.07) is 2.89. The van der Waals surface area contributed by atoms with Crippen molar-refractivity contribution in [2.24, 2.45) is 0 Å². The molecule has 0 radical (unpaired) electrons. The lowest BCUT2D eigenvalue weighted by atomic mass is 10.4. The molecule has 0 saturated carbocycles. The molecule has 0 bridgehead atoms. The zero-order chi connectivity index (χ0) is 8.55. The second-order valence-electron chi connectivity index (χ2n) is 2.17. The van der Waals surface area contributed by atoms with Gasteiger partial charge in [0.2, 0.25) is 0 Å². The van der Waals surface area contributed by atoms with Crippen LogP contribution in [0.1, 0.15) is 0 Å². The predicted octanol–water partition coefficient (Wildman–Crippen LogP) is -0.548. The molecule has 0 aliphatic carbocycles. The van der Waals surface area contributed by atoms with E-state index in [9.17, 15) is 10.1 Å². The molecule has 0 amide bonds. The molecular weight excluding hydrogens is 162 g/mol. The van der Waals surface area contributed by atoms with E-state index in [0.29, 0.717) is 5.65 Å². The topological polar surface area (TPSA) is 88.8 Å². The smallest absolute Gasteiger partial charge is 0.258 e. The minimum absolute atomic E-state index is 0.00134. The Balaban J connectivity index is 2.68. The fraction of sp³-hybridized carbons (Fsp3) is 0. The van der Waals surface area contributed by atoms with Crippen molar-refractivity contribution < 1.29 is 9.44 Å². The molecule has 2 rings (SSSR count). The molecule has 0 atom stereocenters. The van der Waals surface area contributed by atoms with Gasteiger partial charge in [0.05, 0.1) is 4.92 Å². The van der Waals surface area contributed by atoms with Crippen LogP contribution in [-0.4, -0.2) is 20.4 Å². The Hall–Kier alpha value is -2.05. The molecule has 0 aromatic carbocycles. The van der Waals surface area contributed by atoms with E-state index in [4.69, 9.17) is 0 Å². The van der Waals surface area contributed by atoms with Crippen LogP contribution in [0.25, 0.3) is 5.65 Å².